The predicted molar refractivity (Wildman–Crippen MR) is 43.3 cm³/mol. The molecule has 0 saturated heterocycles. The number of nitrogens with two attached hydrogens (primary N) is 2. The molecule has 13 heavy (non-hydrogen) atoms. The number of amides is 2. The van der Waals surface area contributed by atoms with E-state index < -0.39 is 0 Å². The number of anilines is 3. The number of aromatic nitrogens is 3. The second-order valence-electron chi connectivity index (χ2n) is 1.97. The number of nitrogens with zero attached hydrogens (tertiary/aromatic N) is 4. The highest BCUT2D eigenvalue weighted by Gasteiger charge is 2.08. The fourth-order valence-corrected chi connectivity index (χ4v) is 0.632. The van der Waals surface area contributed by atoms with Gasteiger partial charge in [-0.05, 0) is 0 Å². The minimum atomic E-state index is -0.199. The van der Waals surface area contributed by atoms with Crippen LogP contribution in [0.15, 0.2) is 0 Å². The summed E-state index contributed by atoms with van der Waals surface area (Å²) >= 11 is 0. The SMILES string of the molecule is Nc1nc(N)nc(N(C=O)C=O)n1. The molecule has 1 rings (SSSR count). The van der Waals surface area contributed by atoms with Crippen LogP contribution < -0.4 is 16.4 Å². The van der Waals surface area contributed by atoms with Crippen molar-refractivity contribution in [3.05, 3.63) is 0 Å². The lowest BCUT2D eigenvalue weighted by Gasteiger charge is -2.06. The van der Waals surface area contributed by atoms with E-state index in [0.29, 0.717) is 4.90 Å². The van der Waals surface area contributed by atoms with Gasteiger partial charge in [-0.3, -0.25) is 9.59 Å². The molecule has 2 amide bonds. The van der Waals surface area contributed by atoms with Gasteiger partial charge in [-0.2, -0.15) is 15.0 Å². The zero-order chi connectivity index (χ0) is 9.84. The van der Waals surface area contributed by atoms with Crippen LogP contribution in [0.25, 0.3) is 0 Å². The molecule has 0 atom stereocenters. The van der Waals surface area contributed by atoms with Gasteiger partial charge in [-0.1, -0.05) is 0 Å². The van der Waals surface area contributed by atoms with Gasteiger partial charge in [0.25, 0.3) is 0 Å². The predicted octanol–water partition coefficient (Wildman–Crippen LogP) is -1.84. The van der Waals surface area contributed by atoms with Crippen molar-refractivity contribution in [3.8, 4) is 0 Å². The summed E-state index contributed by atoms with van der Waals surface area (Å²) in [4.78, 5) is 31.6. The van der Waals surface area contributed by atoms with Crippen molar-refractivity contribution in [2.75, 3.05) is 16.4 Å². The molecule has 1 aromatic heterocycles. The molecule has 4 N–H and O–H groups in total. The second-order valence-corrected chi connectivity index (χ2v) is 1.97. The topological polar surface area (TPSA) is 128 Å². The fraction of sp³-hybridized carbons (Fsp3) is 0. The van der Waals surface area contributed by atoms with E-state index in [2.05, 4.69) is 15.0 Å². The first-order valence-electron chi connectivity index (χ1n) is 3.13. The van der Waals surface area contributed by atoms with Crippen LogP contribution in [0.1, 0.15) is 0 Å². The summed E-state index contributed by atoms with van der Waals surface area (Å²) in [5.74, 6) is -0.512. The molecule has 0 saturated carbocycles. The van der Waals surface area contributed by atoms with Gasteiger partial charge >= 0.3 is 0 Å². The molecule has 0 radical (unpaired) electrons. The molecule has 0 spiro atoms. The van der Waals surface area contributed by atoms with Crippen LogP contribution in [0.5, 0.6) is 0 Å². The van der Waals surface area contributed by atoms with Gasteiger partial charge in [0.15, 0.2) is 0 Å². The number of carbonyl (C=O) groups excluding carboxylic acids is 2. The van der Waals surface area contributed by atoms with Gasteiger partial charge in [0.1, 0.15) is 0 Å². The first kappa shape index (κ1) is 8.84. The molecule has 0 bridgehead atoms. The maximum absolute atomic E-state index is 10.3. The molecule has 68 valence electrons. The van der Waals surface area contributed by atoms with E-state index >= 15 is 0 Å². The summed E-state index contributed by atoms with van der Waals surface area (Å²) in [6.07, 6.45) is 0.475. The number of hydrogen-bond donors (Lipinski definition) is 2. The number of rotatable bonds is 3. The zero-order valence-electron chi connectivity index (χ0n) is 6.41. The highest BCUT2D eigenvalue weighted by molar-refractivity contribution is 5.93. The van der Waals surface area contributed by atoms with Crippen LogP contribution in [0.4, 0.5) is 17.8 Å². The van der Waals surface area contributed by atoms with E-state index in [0.717, 1.165) is 0 Å². The highest BCUT2D eigenvalue weighted by atomic mass is 16.2. The third-order valence-electron chi connectivity index (χ3n) is 1.12. The first-order valence-corrected chi connectivity index (χ1v) is 3.13. The van der Waals surface area contributed by atoms with Gasteiger partial charge in [-0.15, -0.1) is 0 Å². The number of nitrogen functional groups attached to an aromatic ring is 2. The monoisotopic (exact) mass is 182 g/mol. The number of carbonyl (C=O) groups is 2. The lowest BCUT2D eigenvalue weighted by atomic mass is 10.7. The molecule has 0 aliphatic heterocycles. The molecule has 0 aromatic carbocycles. The number of hydrogen-bond acceptors (Lipinski definition) is 7. The molecule has 8 heteroatoms. The van der Waals surface area contributed by atoms with E-state index in [4.69, 9.17) is 11.5 Å². The van der Waals surface area contributed by atoms with Crippen molar-refractivity contribution in [2.45, 2.75) is 0 Å². The lowest BCUT2D eigenvalue weighted by molar-refractivity contribution is -0.114. The lowest BCUT2D eigenvalue weighted by Crippen LogP contribution is -2.22. The Kier molecular flexibility index (Phi) is 2.33. The summed E-state index contributed by atoms with van der Waals surface area (Å²) in [5, 5.41) is 0. The van der Waals surface area contributed by atoms with Gasteiger partial charge in [0.2, 0.25) is 30.7 Å². The summed E-state index contributed by atoms with van der Waals surface area (Å²) in [6, 6.07) is 0. The number of imide groups is 1. The minimum absolute atomic E-state index is 0.156. The Morgan fingerprint density at radius 1 is 1.00 bits per heavy atom. The molecule has 0 unspecified atom stereocenters. The van der Waals surface area contributed by atoms with E-state index in [1.165, 1.54) is 0 Å². The third kappa shape index (κ3) is 1.86. The average molecular weight is 182 g/mol. The van der Waals surface area contributed by atoms with Crippen LogP contribution in [-0.4, -0.2) is 27.8 Å². The van der Waals surface area contributed by atoms with E-state index in [1.54, 1.807) is 0 Å². The van der Waals surface area contributed by atoms with Crippen molar-refractivity contribution >= 4 is 30.7 Å². The van der Waals surface area contributed by atoms with Crippen molar-refractivity contribution in [1.82, 2.24) is 15.0 Å². The Hall–Kier alpha value is -2.25. The zero-order valence-corrected chi connectivity index (χ0v) is 6.41. The van der Waals surface area contributed by atoms with Gasteiger partial charge in [0, 0.05) is 0 Å². The van der Waals surface area contributed by atoms with Crippen molar-refractivity contribution in [2.24, 2.45) is 0 Å². The molecule has 8 nitrogen and oxygen atoms in total. The molecule has 1 heterocycles. The molecule has 0 fully saturated rings. The summed E-state index contributed by atoms with van der Waals surface area (Å²) < 4.78 is 0. The average Bonchev–Trinajstić information content (AvgIpc) is 2.04. The Morgan fingerprint density at radius 3 is 1.85 bits per heavy atom. The minimum Gasteiger partial charge on any atom is -0.368 e. The van der Waals surface area contributed by atoms with E-state index in [-0.39, 0.29) is 30.7 Å². The molecular weight excluding hydrogens is 176 g/mol. The van der Waals surface area contributed by atoms with Gasteiger partial charge in [-0.25, -0.2) is 4.90 Å². The summed E-state index contributed by atoms with van der Waals surface area (Å²) in [6.45, 7) is 0. The van der Waals surface area contributed by atoms with Crippen LogP contribution in [0.3, 0.4) is 0 Å². The van der Waals surface area contributed by atoms with Crippen LogP contribution >= 0.6 is 0 Å². The second kappa shape index (κ2) is 3.43. The molecule has 1 aromatic rings. The Morgan fingerprint density at radius 2 is 1.46 bits per heavy atom. The van der Waals surface area contributed by atoms with Crippen LogP contribution in [0.2, 0.25) is 0 Å². The summed E-state index contributed by atoms with van der Waals surface area (Å²) in [5.41, 5.74) is 10.4. The molecule has 0 aliphatic carbocycles. The van der Waals surface area contributed by atoms with Gasteiger partial charge in [0.05, 0.1) is 0 Å². The van der Waals surface area contributed by atoms with E-state index in [1.807, 2.05) is 0 Å². The van der Waals surface area contributed by atoms with Crippen molar-refractivity contribution in [1.29, 1.82) is 0 Å². The Balaban J connectivity index is 3.12. The first-order chi connectivity index (χ1) is 6.17. The Bertz CT molecular complexity index is 312. The van der Waals surface area contributed by atoms with Crippen molar-refractivity contribution in [3.63, 3.8) is 0 Å². The molecule has 0 aliphatic rings. The smallest absolute Gasteiger partial charge is 0.245 e. The highest BCUT2D eigenvalue weighted by Crippen LogP contribution is 2.06. The van der Waals surface area contributed by atoms with Gasteiger partial charge < -0.3 is 11.5 Å². The summed E-state index contributed by atoms with van der Waals surface area (Å²) in [7, 11) is 0. The molecular formula is C5H6N6O2. The van der Waals surface area contributed by atoms with E-state index in [9.17, 15) is 9.59 Å². The quantitative estimate of drug-likeness (QED) is 0.525. The third-order valence-corrected chi connectivity index (χ3v) is 1.12. The normalized spacial score (nSPS) is 9.23. The Labute approximate surface area is 72.6 Å². The standard InChI is InChI=1S/C5H6N6O2/c6-3-8-4(7)10-5(9-3)11(1-12)2-13/h1-2H,(H4,6,7,8,9,10). The van der Waals surface area contributed by atoms with Crippen LogP contribution in [0, 0.1) is 0 Å². The van der Waals surface area contributed by atoms with Crippen molar-refractivity contribution < 1.29 is 9.59 Å². The largest absolute Gasteiger partial charge is 0.368 e. The maximum atomic E-state index is 10.3. The fourth-order valence-electron chi connectivity index (χ4n) is 0.632. The van der Waals surface area contributed by atoms with Crippen LogP contribution in [-0.2, 0) is 9.59 Å². The maximum Gasteiger partial charge on any atom is 0.245 e.